The van der Waals surface area contributed by atoms with Gasteiger partial charge in [-0.05, 0) is 37.5 Å². The second-order valence-electron chi connectivity index (χ2n) is 5.70. The van der Waals surface area contributed by atoms with Gasteiger partial charge in [0.25, 0.3) is 0 Å². The third-order valence-corrected chi connectivity index (χ3v) is 3.93. The Morgan fingerprint density at radius 1 is 1.07 bits per heavy atom. The van der Waals surface area contributed by atoms with Gasteiger partial charge in [0, 0.05) is 12.1 Å². The van der Waals surface area contributed by atoms with Crippen molar-refractivity contribution in [3.05, 3.63) is 0 Å². The van der Waals surface area contributed by atoms with Gasteiger partial charge in [-0.2, -0.15) is 0 Å². The van der Waals surface area contributed by atoms with Crippen LogP contribution in [0.3, 0.4) is 0 Å². The van der Waals surface area contributed by atoms with Crippen LogP contribution in [0, 0.1) is 17.8 Å². The zero-order valence-electron chi connectivity index (χ0n) is 10.5. The lowest BCUT2D eigenvalue weighted by atomic mass is 9.79. The average molecular weight is 197 g/mol. The fourth-order valence-electron chi connectivity index (χ4n) is 2.29. The smallest absolute Gasteiger partial charge is 0.00978 e. The summed E-state index contributed by atoms with van der Waals surface area (Å²) in [6.45, 7) is 11.7. The van der Waals surface area contributed by atoms with Crippen LogP contribution in [0.5, 0.6) is 0 Å². The van der Waals surface area contributed by atoms with Crippen molar-refractivity contribution in [3.8, 4) is 0 Å². The predicted octanol–water partition coefficient (Wildman–Crippen LogP) is 3.45. The van der Waals surface area contributed by atoms with E-state index in [9.17, 15) is 0 Å². The third-order valence-electron chi connectivity index (χ3n) is 3.93. The molecule has 4 atom stereocenters. The molecule has 0 amide bonds. The quantitative estimate of drug-likeness (QED) is 0.731. The third kappa shape index (κ3) is 3.27. The van der Waals surface area contributed by atoms with E-state index in [1.165, 1.54) is 19.3 Å². The molecule has 1 heteroatoms. The lowest BCUT2D eigenvalue weighted by molar-refractivity contribution is 0.204. The minimum Gasteiger partial charge on any atom is -0.311 e. The molecule has 0 radical (unpaired) electrons. The number of hydrogen-bond acceptors (Lipinski definition) is 1. The minimum absolute atomic E-state index is 0.660. The molecule has 0 spiro atoms. The molecule has 1 nitrogen and oxygen atoms in total. The van der Waals surface area contributed by atoms with E-state index in [0.717, 1.165) is 23.8 Å². The van der Waals surface area contributed by atoms with Crippen LogP contribution in [0.4, 0.5) is 0 Å². The zero-order chi connectivity index (χ0) is 10.7. The molecule has 1 saturated carbocycles. The monoisotopic (exact) mass is 197 g/mol. The largest absolute Gasteiger partial charge is 0.311 e. The summed E-state index contributed by atoms with van der Waals surface area (Å²) in [5, 5.41) is 3.80. The van der Waals surface area contributed by atoms with E-state index in [-0.39, 0.29) is 0 Å². The molecular formula is C13H27N. The number of hydrogen-bond donors (Lipinski definition) is 1. The molecule has 4 unspecified atom stereocenters. The molecule has 14 heavy (non-hydrogen) atoms. The van der Waals surface area contributed by atoms with Gasteiger partial charge in [0.1, 0.15) is 0 Å². The molecule has 0 aromatic heterocycles. The van der Waals surface area contributed by atoms with E-state index in [2.05, 4.69) is 39.9 Å². The van der Waals surface area contributed by atoms with E-state index in [1.54, 1.807) is 0 Å². The van der Waals surface area contributed by atoms with Crippen molar-refractivity contribution in [1.82, 2.24) is 5.32 Å². The Bertz CT molecular complexity index is 165. The standard InChI is InChI=1S/C13H27N/c1-9(2)12(5)14-13-8-10(3)6-7-11(13)4/h9-14H,6-8H2,1-5H3. The van der Waals surface area contributed by atoms with Gasteiger partial charge in [-0.3, -0.25) is 0 Å². The summed E-state index contributed by atoms with van der Waals surface area (Å²) in [7, 11) is 0. The summed E-state index contributed by atoms with van der Waals surface area (Å²) >= 11 is 0. The highest BCUT2D eigenvalue weighted by Gasteiger charge is 2.26. The van der Waals surface area contributed by atoms with Gasteiger partial charge in [0.2, 0.25) is 0 Å². The summed E-state index contributed by atoms with van der Waals surface area (Å²) in [6, 6.07) is 1.42. The van der Waals surface area contributed by atoms with Crippen molar-refractivity contribution in [3.63, 3.8) is 0 Å². The van der Waals surface area contributed by atoms with Crippen molar-refractivity contribution >= 4 is 0 Å². The number of rotatable bonds is 3. The van der Waals surface area contributed by atoms with E-state index in [4.69, 9.17) is 0 Å². The Balaban J connectivity index is 2.41. The summed E-state index contributed by atoms with van der Waals surface area (Å²) in [6.07, 6.45) is 4.21. The molecule has 1 aliphatic rings. The Labute approximate surface area is 89.7 Å². The molecule has 1 fully saturated rings. The van der Waals surface area contributed by atoms with Gasteiger partial charge < -0.3 is 5.32 Å². The fourth-order valence-corrected chi connectivity index (χ4v) is 2.29. The van der Waals surface area contributed by atoms with Crippen LogP contribution in [-0.2, 0) is 0 Å². The predicted molar refractivity (Wildman–Crippen MR) is 63.4 cm³/mol. The summed E-state index contributed by atoms with van der Waals surface area (Å²) in [5.41, 5.74) is 0. The van der Waals surface area contributed by atoms with Gasteiger partial charge >= 0.3 is 0 Å². The molecule has 1 aliphatic carbocycles. The van der Waals surface area contributed by atoms with Crippen LogP contribution in [0.1, 0.15) is 53.9 Å². The first-order chi connectivity index (χ1) is 6.50. The second-order valence-corrected chi connectivity index (χ2v) is 5.70. The topological polar surface area (TPSA) is 12.0 Å². The molecule has 1 rings (SSSR count). The molecular weight excluding hydrogens is 170 g/mol. The van der Waals surface area contributed by atoms with Crippen molar-refractivity contribution in [2.24, 2.45) is 17.8 Å². The Kier molecular flexibility index (Phi) is 4.43. The molecule has 0 saturated heterocycles. The van der Waals surface area contributed by atoms with Crippen LogP contribution in [0.15, 0.2) is 0 Å². The van der Waals surface area contributed by atoms with Crippen molar-refractivity contribution in [1.29, 1.82) is 0 Å². The summed E-state index contributed by atoms with van der Waals surface area (Å²) in [4.78, 5) is 0. The van der Waals surface area contributed by atoms with Crippen LogP contribution in [0.25, 0.3) is 0 Å². The van der Waals surface area contributed by atoms with E-state index >= 15 is 0 Å². The highest BCUT2D eigenvalue weighted by molar-refractivity contribution is 4.83. The molecule has 1 N–H and O–H groups in total. The number of nitrogens with one attached hydrogen (secondary N) is 1. The fraction of sp³-hybridized carbons (Fsp3) is 1.00. The Morgan fingerprint density at radius 3 is 2.29 bits per heavy atom. The first kappa shape index (κ1) is 12.0. The molecule has 0 heterocycles. The molecule has 0 aliphatic heterocycles. The lowest BCUT2D eigenvalue weighted by Gasteiger charge is -2.36. The van der Waals surface area contributed by atoms with Crippen molar-refractivity contribution in [2.75, 3.05) is 0 Å². The van der Waals surface area contributed by atoms with Crippen LogP contribution >= 0.6 is 0 Å². The van der Waals surface area contributed by atoms with Crippen LogP contribution < -0.4 is 5.32 Å². The molecule has 0 aromatic carbocycles. The highest BCUT2D eigenvalue weighted by Crippen LogP contribution is 2.28. The second kappa shape index (κ2) is 5.16. The van der Waals surface area contributed by atoms with Gasteiger partial charge in [0.15, 0.2) is 0 Å². The SMILES string of the molecule is CC1CCC(C)C(NC(C)C(C)C)C1. The normalized spacial score (nSPS) is 36.0. The Morgan fingerprint density at radius 2 is 1.71 bits per heavy atom. The van der Waals surface area contributed by atoms with E-state index < -0.39 is 0 Å². The zero-order valence-corrected chi connectivity index (χ0v) is 10.5. The summed E-state index contributed by atoms with van der Waals surface area (Å²) in [5.74, 6) is 2.54. The first-order valence-electron chi connectivity index (χ1n) is 6.26. The van der Waals surface area contributed by atoms with Gasteiger partial charge in [-0.25, -0.2) is 0 Å². The van der Waals surface area contributed by atoms with E-state index in [0.29, 0.717) is 6.04 Å². The molecule has 84 valence electrons. The lowest BCUT2D eigenvalue weighted by Crippen LogP contribution is -2.45. The first-order valence-corrected chi connectivity index (χ1v) is 6.26. The van der Waals surface area contributed by atoms with Gasteiger partial charge in [-0.15, -0.1) is 0 Å². The van der Waals surface area contributed by atoms with Gasteiger partial charge in [-0.1, -0.05) is 34.1 Å². The maximum atomic E-state index is 3.80. The van der Waals surface area contributed by atoms with Gasteiger partial charge in [0.05, 0.1) is 0 Å². The van der Waals surface area contributed by atoms with Crippen molar-refractivity contribution in [2.45, 2.75) is 66.0 Å². The maximum absolute atomic E-state index is 3.80. The Hall–Kier alpha value is -0.0400. The summed E-state index contributed by atoms with van der Waals surface area (Å²) < 4.78 is 0. The molecule has 0 bridgehead atoms. The maximum Gasteiger partial charge on any atom is 0.00978 e. The van der Waals surface area contributed by atoms with Crippen LogP contribution in [0.2, 0.25) is 0 Å². The molecule has 0 aromatic rings. The van der Waals surface area contributed by atoms with Crippen molar-refractivity contribution < 1.29 is 0 Å². The van der Waals surface area contributed by atoms with E-state index in [1.807, 2.05) is 0 Å². The van der Waals surface area contributed by atoms with Crippen LogP contribution in [-0.4, -0.2) is 12.1 Å². The minimum atomic E-state index is 0.660. The highest BCUT2D eigenvalue weighted by atomic mass is 15.0. The average Bonchev–Trinajstić information content (AvgIpc) is 2.11.